The average molecular weight is 698 g/mol. The van der Waals surface area contributed by atoms with Crippen LogP contribution in [0, 0.1) is 0 Å². The largest absolute Gasteiger partial charge is 0.494 e. The molecule has 0 bridgehead atoms. The molecule has 0 unspecified atom stereocenters. The molecule has 0 fully saturated rings. The number of anilines is 2. The van der Waals surface area contributed by atoms with Crippen LogP contribution >= 0.6 is 19.5 Å². The molecule has 2 N–H and O–H groups in total. The van der Waals surface area contributed by atoms with Crippen LogP contribution in [0.4, 0.5) is 11.4 Å². The zero-order chi connectivity index (χ0) is 35.0. The van der Waals surface area contributed by atoms with Crippen LogP contribution in [0.2, 0.25) is 0 Å². The molecule has 0 amide bonds. The first-order valence-electron chi connectivity index (χ1n) is 16.7. The van der Waals surface area contributed by atoms with Crippen LogP contribution in [-0.2, 0) is 0 Å². The van der Waals surface area contributed by atoms with Crippen molar-refractivity contribution in [2.24, 2.45) is 0 Å². The van der Waals surface area contributed by atoms with Crippen molar-refractivity contribution in [3.63, 3.8) is 0 Å². The summed E-state index contributed by atoms with van der Waals surface area (Å²) in [5, 5.41) is 10.5. The SMILES string of the molecule is CCOc1ccc(NC(=S)Nc2ccc(OCC)cc2)cc1.O=C(C[P+](c1ccccc1)(c1ccccc1)c1ccccc1)c1ccccc1. The van der Waals surface area contributed by atoms with Crippen molar-refractivity contribution in [3.05, 3.63) is 175 Å². The fraction of sp³-hybridized carbons (Fsp3) is 0.116. The molecule has 50 heavy (non-hydrogen) atoms. The number of carbonyl (C=O) groups excluding carboxylic acids is 1. The highest BCUT2D eigenvalue weighted by atomic mass is 32.1. The molecule has 0 aliphatic heterocycles. The molecule has 252 valence electrons. The van der Waals surface area contributed by atoms with Gasteiger partial charge in [-0.2, -0.15) is 0 Å². The summed E-state index contributed by atoms with van der Waals surface area (Å²) in [5.74, 6) is 1.88. The lowest BCUT2D eigenvalue weighted by molar-refractivity contribution is 0.102. The fourth-order valence-electron chi connectivity index (χ4n) is 5.60. The van der Waals surface area contributed by atoms with E-state index < -0.39 is 7.26 Å². The minimum atomic E-state index is -2.12. The van der Waals surface area contributed by atoms with E-state index >= 15 is 0 Å². The van der Waals surface area contributed by atoms with Crippen molar-refractivity contribution in [3.8, 4) is 11.5 Å². The lowest BCUT2D eigenvalue weighted by Gasteiger charge is -2.27. The molecule has 0 radical (unpaired) electrons. The summed E-state index contributed by atoms with van der Waals surface area (Å²) in [4.78, 5) is 13.4. The molecule has 0 aromatic heterocycles. The Labute approximate surface area is 301 Å². The zero-order valence-electron chi connectivity index (χ0n) is 28.4. The highest BCUT2D eigenvalue weighted by molar-refractivity contribution is 7.96. The van der Waals surface area contributed by atoms with E-state index in [1.165, 1.54) is 15.9 Å². The highest BCUT2D eigenvalue weighted by Gasteiger charge is 2.47. The molecule has 5 nitrogen and oxygen atoms in total. The number of thiocarbonyl (C=S) groups is 1. The normalized spacial score (nSPS) is 10.6. The maximum absolute atomic E-state index is 13.4. The van der Waals surface area contributed by atoms with Crippen LogP contribution in [-0.4, -0.2) is 30.3 Å². The van der Waals surface area contributed by atoms with Gasteiger partial charge in [-0.15, -0.1) is 0 Å². The van der Waals surface area contributed by atoms with Gasteiger partial charge in [0.15, 0.2) is 5.11 Å². The Balaban J connectivity index is 0.000000201. The third-order valence-corrected chi connectivity index (χ3v) is 12.4. The quantitative estimate of drug-likeness (QED) is 0.0756. The van der Waals surface area contributed by atoms with E-state index in [9.17, 15) is 4.79 Å². The molecule has 0 spiro atoms. The summed E-state index contributed by atoms with van der Waals surface area (Å²) < 4.78 is 10.8. The van der Waals surface area contributed by atoms with E-state index in [0.29, 0.717) is 24.5 Å². The molecular formula is C43H42N2O3PS+. The second-order valence-corrected chi connectivity index (χ2v) is 15.2. The molecule has 0 atom stereocenters. The van der Waals surface area contributed by atoms with Crippen LogP contribution < -0.4 is 36.0 Å². The van der Waals surface area contributed by atoms with Gasteiger partial charge in [0.25, 0.3) is 0 Å². The van der Waals surface area contributed by atoms with Crippen molar-refractivity contribution in [1.29, 1.82) is 0 Å². The highest BCUT2D eigenvalue weighted by Crippen LogP contribution is 2.55. The number of carbonyl (C=O) groups is 1. The number of nitrogens with one attached hydrogen (secondary N) is 2. The van der Waals surface area contributed by atoms with Gasteiger partial charge < -0.3 is 20.1 Å². The smallest absolute Gasteiger partial charge is 0.201 e. The number of hydrogen-bond donors (Lipinski definition) is 2. The summed E-state index contributed by atoms with van der Waals surface area (Å²) >= 11 is 5.30. The summed E-state index contributed by atoms with van der Waals surface area (Å²) in [6, 6.07) is 56.6. The molecular weight excluding hydrogens is 656 g/mol. The molecule has 0 aliphatic carbocycles. The molecule has 0 saturated heterocycles. The van der Waals surface area contributed by atoms with Crippen molar-refractivity contribution in [2.45, 2.75) is 13.8 Å². The van der Waals surface area contributed by atoms with Crippen LogP contribution in [0.25, 0.3) is 0 Å². The lowest BCUT2D eigenvalue weighted by Crippen LogP contribution is -2.35. The lowest BCUT2D eigenvalue weighted by atomic mass is 10.2. The number of benzene rings is 6. The predicted octanol–water partition coefficient (Wildman–Crippen LogP) is 9.16. The summed E-state index contributed by atoms with van der Waals surface area (Å²) in [7, 11) is -2.12. The first kappa shape index (κ1) is 36.0. The maximum atomic E-state index is 13.4. The Kier molecular flexibility index (Phi) is 13.3. The van der Waals surface area contributed by atoms with Crippen LogP contribution in [0.15, 0.2) is 170 Å². The van der Waals surface area contributed by atoms with Gasteiger partial charge in [-0.1, -0.05) is 84.9 Å². The van der Waals surface area contributed by atoms with E-state index in [1.54, 1.807) is 0 Å². The average Bonchev–Trinajstić information content (AvgIpc) is 3.17. The Bertz CT molecular complexity index is 1760. The third-order valence-electron chi connectivity index (χ3n) is 7.91. The van der Waals surface area contributed by atoms with Gasteiger partial charge in [-0.05, 0) is 111 Å². The standard InChI is InChI=1S/C26H22OP.C17H20N2O2S/c27-26(22-13-5-1-6-14-22)21-28(23-15-7-2-8-16-23,24-17-9-3-10-18-24)25-19-11-4-12-20-25;1-3-20-15-9-5-13(6-10-15)18-17(22)19-14-7-11-16(12-8-14)21-4-2/h1-20H,21H2;5-12H,3-4H2,1-2H3,(H2,18,19,22)/q+1;. The molecule has 6 aromatic carbocycles. The number of rotatable bonds is 12. The van der Waals surface area contributed by atoms with Gasteiger partial charge in [0, 0.05) is 16.9 Å². The maximum Gasteiger partial charge on any atom is 0.201 e. The predicted molar refractivity (Wildman–Crippen MR) is 216 cm³/mol. The van der Waals surface area contributed by atoms with Gasteiger partial charge >= 0.3 is 0 Å². The van der Waals surface area contributed by atoms with Gasteiger partial charge in [-0.25, -0.2) is 0 Å². The molecule has 0 aliphatic rings. The van der Waals surface area contributed by atoms with Gasteiger partial charge in [0.2, 0.25) is 5.78 Å². The molecule has 7 heteroatoms. The van der Waals surface area contributed by atoms with Crippen molar-refractivity contribution < 1.29 is 14.3 Å². The minimum Gasteiger partial charge on any atom is -0.494 e. The van der Waals surface area contributed by atoms with Crippen LogP contribution in [0.1, 0.15) is 24.2 Å². The number of ketones is 1. The number of hydrogen-bond acceptors (Lipinski definition) is 4. The van der Waals surface area contributed by atoms with Gasteiger partial charge in [0.05, 0.1) is 13.2 Å². The third kappa shape index (κ3) is 9.66. The summed E-state index contributed by atoms with van der Waals surface area (Å²) in [6.45, 7) is 5.24. The van der Waals surface area contributed by atoms with E-state index in [4.69, 9.17) is 21.7 Å². The van der Waals surface area contributed by atoms with Crippen LogP contribution in [0.5, 0.6) is 11.5 Å². The van der Waals surface area contributed by atoms with Crippen molar-refractivity contribution in [2.75, 3.05) is 30.0 Å². The summed E-state index contributed by atoms with van der Waals surface area (Å²) in [5.41, 5.74) is 2.59. The Hall–Kier alpha value is -5.29. The Morgan fingerprint density at radius 3 is 1.20 bits per heavy atom. The summed E-state index contributed by atoms with van der Waals surface area (Å²) in [6.07, 6.45) is 0.481. The van der Waals surface area contributed by atoms with Gasteiger partial charge in [-0.3, -0.25) is 4.79 Å². The van der Waals surface area contributed by atoms with Crippen LogP contribution in [0.3, 0.4) is 0 Å². The first-order valence-corrected chi connectivity index (χ1v) is 19.1. The van der Waals surface area contributed by atoms with Crippen molar-refractivity contribution in [1.82, 2.24) is 0 Å². The minimum absolute atomic E-state index is 0.186. The fourth-order valence-corrected chi connectivity index (χ4v) is 9.93. The van der Waals surface area contributed by atoms with Gasteiger partial charge in [0.1, 0.15) is 40.8 Å². The van der Waals surface area contributed by atoms with E-state index in [1.807, 2.05) is 111 Å². The second kappa shape index (κ2) is 18.5. The number of ether oxygens (including phenoxy) is 2. The van der Waals surface area contributed by atoms with E-state index in [-0.39, 0.29) is 5.78 Å². The monoisotopic (exact) mass is 697 g/mol. The molecule has 0 saturated carbocycles. The molecule has 6 aromatic rings. The Morgan fingerprint density at radius 2 is 0.860 bits per heavy atom. The topological polar surface area (TPSA) is 59.6 Å². The number of Topliss-reactive ketones (excluding diaryl/α,β-unsaturated/α-hetero) is 1. The first-order chi connectivity index (χ1) is 24.5. The molecule has 6 rings (SSSR count). The van der Waals surface area contributed by atoms with Crippen molar-refractivity contribution >= 4 is 57.7 Å². The molecule has 0 heterocycles. The second-order valence-electron chi connectivity index (χ2n) is 11.3. The zero-order valence-corrected chi connectivity index (χ0v) is 30.1. The Morgan fingerprint density at radius 1 is 0.520 bits per heavy atom. The van der Waals surface area contributed by atoms with E-state index in [0.717, 1.165) is 28.4 Å². The van der Waals surface area contributed by atoms with E-state index in [2.05, 4.69) is 83.4 Å².